The summed E-state index contributed by atoms with van der Waals surface area (Å²) in [4.78, 5) is 11.6. The summed E-state index contributed by atoms with van der Waals surface area (Å²) in [5, 5.41) is 0. The van der Waals surface area contributed by atoms with Crippen molar-refractivity contribution in [2.45, 2.75) is 65.2 Å². The third-order valence-electron chi connectivity index (χ3n) is 3.39. The average Bonchev–Trinajstić information content (AvgIpc) is 2.42. The Hall–Kier alpha value is -0.330. The minimum absolute atomic E-state index is 0.0632. The number of hydrogen-bond acceptors (Lipinski definition) is 1. The third-order valence-corrected chi connectivity index (χ3v) is 3.39. The zero-order valence-corrected chi connectivity index (χ0v) is 9.07. The minimum Gasteiger partial charge on any atom is -0.299 e. The molecule has 1 aliphatic rings. The van der Waals surface area contributed by atoms with E-state index in [4.69, 9.17) is 0 Å². The van der Waals surface area contributed by atoms with Gasteiger partial charge in [-0.2, -0.15) is 0 Å². The minimum atomic E-state index is 0.0632. The van der Waals surface area contributed by atoms with Crippen LogP contribution in [0.25, 0.3) is 0 Å². The van der Waals surface area contributed by atoms with Gasteiger partial charge in [0, 0.05) is 11.8 Å². The van der Waals surface area contributed by atoms with Gasteiger partial charge in [-0.15, -0.1) is 0 Å². The largest absolute Gasteiger partial charge is 0.299 e. The van der Waals surface area contributed by atoms with Crippen molar-refractivity contribution in [1.29, 1.82) is 0 Å². The Bertz CT molecular complexity index is 174. The van der Waals surface area contributed by atoms with Crippen LogP contribution in [0.3, 0.4) is 0 Å². The predicted octanol–water partition coefficient (Wildman–Crippen LogP) is 3.72. The van der Waals surface area contributed by atoms with Crippen LogP contribution < -0.4 is 0 Å². The molecule has 1 rings (SSSR count). The molecular weight excluding hydrogens is 160 g/mol. The van der Waals surface area contributed by atoms with Crippen molar-refractivity contribution in [3.63, 3.8) is 0 Å². The summed E-state index contributed by atoms with van der Waals surface area (Å²) >= 11 is 0. The standard InChI is InChI=1S/C12H22O/c1-3-4-5-6-9-12(2)10-7-8-11(12)13/h3-10H2,1-2H3. The van der Waals surface area contributed by atoms with Crippen LogP contribution in [0.5, 0.6) is 0 Å². The maximum absolute atomic E-state index is 11.6. The molecule has 0 aliphatic heterocycles. The number of unbranched alkanes of at least 4 members (excludes halogenated alkanes) is 3. The lowest BCUT2D eigenvalue weighted by Crippen LogP contribution is -2.21. The predicted molar refractivity (Wildman–Crippen MR) is 55.7 cm³/mol. The van der Waals surface area contributed by atoms with Gasteiger partial charge in [-0.25, -0.2) is 0 Å². The van der Waals surface area contributed by atoms with Crippen LogP contribution in [-0.2, 0) is 4.79 Å². The second-order valence-corrected chi connectivity index (χ2v) is 4.65. The fourth-order valence-corrected chi connectivity index (χ4v) is 2.29. The highest BCUT2D eigenvalue weighted by Crippen LogP contribution is 2.38. The van der Waals surface area contributed by atoms with Crippen molar-refractivity contribution < 1.29 is 4.79 Å². The molecule has 0 amide bonds. The first-order valence-corrected chi connectivity index (χ1v) is 5.72. The van der Waals surface area contributed by atoms with E-state index in [0.717, 1.165) is 25.7 Å². The van der Waals surface area contributed by atoms with Gasteiger partial charge in [0.15, 0.2) is 0 Å². The van der Waals surface area contributed by atoms with Crippen molar-refractivity contribution in [2.24, 2.45) is 5.41 Å². The Labute approximate surface area is 81.9 Å². The first-order chi connectivity index (χ1) is 6.19. The monoisotopic (exact) mass is 182 g/mol. The van der Waals surface area contributed by atoms with Gasteiger partial charge < -0.3 is 0 Å². The molecule has 0 aromatic carbocycles. The first kappa shape index (κ1) is 10.7. The number of carbonyl (C=O) groups is 1. The van der Waals surface area contributed by atoms with Crippen LogP contribution in [0, 0.1) is 5.41 Å². The number of hydrogen-bond donors (Lipinski definition) is 0. The fourth-order valence-electron chi connectivity index (χ4n) is 2.29. The highest BCUT2D eigenvalue weighted by Gasteiger charge is 2.36. The van der Waals surface area contributed by atoms with E-state index in [1.807, 2.05) is 0 Å². The van der Waals surface area contributed by atoms with E-state index < -0.39 is 0 Å². The van der Waals surface area contributed by atoms with E-state index >= 15 is 0 Å². The molecule has 0 aromatic heterocycles. The van der Waals surface area contributed by atoms with Crippen LogP contribution in [0.4, 0.5) is 0 Å². The van der Waals surface area contributed by atoms with E-state index in [0.29, 0.717) is 5.78 Å². The lowest BCUT2D eigenvalue weighted by molar-refractivity contribution is -0.125. The highest BCUT2D eigenvalue weighted by molar-refractivity contribution is 5.86. The molecule has 13 heavy (non-hydrogen) atoms. The molecule has 1 nitrogen and oxygen atoms in total. The van der Waals surface area contributed by atoms with Gasteiger partial charge in [-0.05, 0) is 19.3 Å². The SMILES string of the molecule is CCCCCCC1(C)CCCC1=O. The summed E-state index contributed by atoms with van der Waals surface area (Å²) in [5.41, 5.74) is 0.0632. The van der Waals surface area contributed by atoms with Crippen LogP contribution in [0.1, 0.15) is 65.2 Å². The molecule has 0 aromatic rings. The van der Waals surface area contributed by atoms with Crippen LogP contribution in [-0.4, -0.2) is 5.78 Å². The highest BCUT2D eigenvalue weighted by atomic mass is 16.1. The summed E-state index contributed by atoms with van der Waals surface area (Å²) in [7, 11) is 0. The Balaban J connectivity index is 2.22. The van der Waals surface area contributed by atoms with Crippen molar-refractivity contribution in [3.05, 3.63) is 0 Å². The van der Waals surface area contributed by atoms with Gasteiger partial charge in [-0.3, -0.25) is 4.79 Å². The summed E-state index contributed by atoms with van der Waals surface area (Å²) in [6.07, 6.45) is 9.39. The number of carbonyl (C=O) groups excluding carboxylic acids is 1. The van der Waals surface area contributed by atoms with Crippen LogP contribution >= 0.6 is 0 Å². The maximum Gasteiger partial charge on any atom is 0.138 e. The lowest BCUT2D eigenvalue weighted by Gasteiger charge is -2.21. The summed E-state index contributed by atoms with van der Waals surface area (Å²) in [5.74, 6) is 0.518. The van der Waals surface area contributed by atoms with Crippen molar-refractivity contribution in [2.75, 3.05) is 0 Å². The summed E-state index contributed by atoms with van der Waals surface area (Å²) < 4.78 is 0. The van der Waals surface area contributed by atoms with Gasteiger partial charge in [0.2, 0.25) is 0 Å². The third kappa shape index (κ3) is 2.82. The molecule has 0 radical (unpaired) electrons. The Morgan fingerprint density at radius 1 is 1.31 bits per heavy atom. The molecule has 0 saturated heterocycles. The Morgan fingerprint density at radius 2 is 2.08 bits per heavy atom. The summed E-state index contributed by atoms with van der Waals surface area (Å²) in [6.45, 7) is 4.39. The molecule has 1 aliphatic carbocycles. The van der Waals surface area contributed by atoms with Gasteiger partial charge in [0.25, 0.3) is 0 Å². The van der Waals surface area contributed by atoms with Gasteiger partial charge in [-0.1, -0.05) is 39.5 Å². The molecule has 1 fully saturated rings. The van der Waals surface area contributed by atoms with Crippen molar-refractivity contribution in [3.8, 4) is 0 Å². The molecule has 0 N–H and O–H groups in total. The maximum atomic E-state index is 11.6. The molecule has 76 valence electrons. The smallest absolute Gasteiger partial charge is 0.138 e. The molecule has 1 atom stereocenters. The van der Waals surface area contributed by atoms with Crippen LogP contribution in [0.2, 0.25) is 0 Å². The number of ketones is 1. The molecule has 1 unspecified atom stereocenters. The Morgan fingerprint density at radius 3 is 2.62 bits per heavy atom. The van der Waals surface area contributed by atoms with Crippen molar-refractivity contribution >= 4 is 5.78 Å². The van der Waals surface area contributed by atoms with Gasteiger partial charge in [0.1, 0.15) is 5.78 Å². The van der Waals surface area contributed by atoms with E-state index in [1.54, 1.807) is 0 Å². The topological polar surface area (TPSA) is 17.1 Å². The molecule has 0 heterocycles. The number of Topliss-reactive ketones (excluding diaryl/α,β-unsaturated/α-hetero) is 1. The first-order valence-electron chi connectivity index (χ1n) is 5.72. The average molecular weight is 182 g/mol. The van der Waals surface area contributed by atoms with Gasteiger partial charge >= 0.3 is 0 Å². The molecular formula is C12H22O. The van der Waals surface area contributed by atoms with E-state index in [-0.39, 0.29) is 5.41 Å². The fraction of sp³-hybridized carbons (Fsp3) is 0.917. The Kier molecular flexibility index (Phi) is 3.95. The van der Waals surface area contributed by atoms with Gasteiger partial charge in [0.05, 0.1) is 0 Å². The second-order valence-electron chi connectivity index (χ2n) is 4.65. The van der Waals surface area contributed by atoms with E-state index in [2.05, 4.69) is 13.8 Å². The number of rotatable bonds is 5. The molecule has 0 spiro atoms. The summed E-state index contributed by atoms with van der Waals surface area (Å²) in [6, 6.07) is 0. The van der Waals surface area contributed by atoms with E-state index in [9.17, 15) is 4.79 Å². The zero-order valence-electron chi connectivity index (χ0n) is 9.07. The molecule has 1 saturated carbocycles. The normalized spacial score (nSPS) is 28.3. The molecule has 1 heteroatoms. The lowest BCUT2D eigenvalue weighted by atomic mass is 9.82. The second kappa shape index (κ2) is 4.78. The van der Waals surface area contributed by atoms with E-state index in [1.165, 1.54) is 25.7 Å². The quantitative estimate of drug-likeness (QED) is 0.592. The van der Waals surface area contributed by atoms with Crippen LogP contribution in [0.15, 0.2) is 0 Å². The molecule has 0 bridgehead atoms. The zero-order chi connectivity index (χ0) is 9.73. The van der Waals surface area contributed by atoms with Crippen molar-refractivity contribution in [1.82, 2.24) is 0 Å².